The summed E-state index contributed by atoms with van der Waals surface area (Å²) in [4.78, 5) is 4.09. The number of aliphatic hydroxyl groups is 1. The van der Waals surface area contributed by atoms with Crippen molar-refractivity contribution < 1.29 is 9.84 Å². The van der Waals surface area contributed by atoms with Gasteiger partial charge >= 0.3 is 0 Å². The summed E-state index contributed by atoms with van der Waals surface area (Å²) < 4.78 is 6.08. The van der Waals surface area contributed by atoms with Crippen molar-refractivity contribution in [2.24, 2.45) is 0 Å². The molecule has 0 aliphatic rings. The lowest BCUT2D eigenvalue weighted by atomic mass is 10.0. The molecule has 0 aliphatic heterocycles. The van der Waals surface area contributed by atoms with Gasteiger partial charge in [0.1, 0.15) is 17.9 Å². The summed E-state index contributed by atoms with van der Waals surface area (Å²) in [5.74, 6) is 0.513. The van der Waals surface area contributed by atoms with Crippen LogP contribution in [0, 0.1) is 11.3 Å². The second-order valence-electron chi connectivity index (χ2n) is 6.45. The van der Waals surface area contributed by atoms with Gasteiger partial charge in [-0.1, -0.05) is 48.5 Å². The second-order valence-corrected chi connectivity index (χ2v) is 6.45. The number of hydrogen-bond donors (Lipinski definition) is 1. The van der Waals surface area contributed by atoms with Gasteiger partial charge in [-0.25, -0.2) is 0 Å². The van der Waals surface area contributed by atoms with E-state index in [1.165, 1.54) is 0 Å². The van der Waals surface area contributed by atoms with E-state index in [0.29, 0.717) is 24.2 Å². The summed E-state index contributed by atoms with van der Waals surface area (Å²) in [7, 11) is 0. The third-order valence-electron chi connectivity index (χ3n) is 4.52. The van der Waals surface area contributed by atoms with Gasteiger partial charge in [0.25, 0.3) is 0 Å². The van der Waals surface area contributed by atoms with Crippen LogP contribution in [0.3, 0.4) is 0 Å². The van der Waals surface area contributed by atoms with Gasteiger partial charge in [-0.3, -0.25) is 4.98 Å². The van der Waals surface area contributed by atoms with E-state index in [1.807, 2.05) is 61.5 Å². The summed E-state index contributed by atoms with van der Waals surface area (Å²) in [5, 5.41) is 20.0. The Labute approximate surface area is 159 Å². The Kier molecular flexibility index (Phi) is 6.19. The van der Waals surface area contributed by atoms with Crippen molar-refractivity contribution in [2.45, 2.75) is 32.0 Å². The monoisotopic (exact) mass is 358 g/mol. The Bertz CT molecular complexity index is 905. The first-order chi connectivity index (χ1) is 13.2. The van der Waals surface area contributed by atoms with Crippen molar-refractivity contribution in [2.75, 3.05) is 0 Å². The molecule has 3 rings (SSSR count). The predicted octanol–water partition coefficient (Wildman–Crippen LogP) is 4.38. The van der Waals surface area contributed by atoms with E-state index >= 15 is 0 Å². The Balaban J connectivity index is 1.77. The largest absolute Gasteiger partial charge is 0.486 e. The van der Waals surface area contributed by atoms with Crippen LogP contribution in [0.4, 0.5) is 0 Å². The Morgan fingerprint density at radius 2 is 1.89 bits per heavy atom. The number of aryl methyl sites for hydroxylation is 1. The molecule has 4 nitrogen and oxygen atoms in total. The lowest BCUT2D eigenvalue weighted by Crippen LogP contribution is -2.29. The van der Waals surface area contributed by atoms with E-state index in [9.17, 15) is 10.4 Å². The van der Waals surface area contributed by atoms with Gasteiger partial charge in [0.05, 0.1) is 11.7 Å². The van der Waals surface area contributed by atoms with Crippen LogP contribution in [0.1, 0.15) is 24.5 Å². The standard InChI is InChI=1S/C23H22N2O2/c1-17(22(26)13-12-18-7-6-14-25-16-18)27-23-20(15-24)10-5-11-21(23)19-8-3-2-4-9-19/h2-11,14,16-17,22,26H,12-13H2,1H3. The maximum atomic E-state index is 10.5. The zero-order valence-electron chi connectivity index (χ0n) is 15.2. The number of nitrogens with zero attached hydrogens (tertiary/aromatic N) is 2. The minimum Gasteiger partial charge on any atom is -0.486 e. The third kappa shape index (κ3) is 4.72. The number of aromatic nitrogens is 1. The molecule has 2 atom stereocenters. The molecule has 1 heterocycles. The number of hydrogen-bond acceptors (Lipinski definition) is 4. The summed E-state index contributed by atoms with van der Waals surface area (Å²) >= 11 is 0. The highest BCUT2D eigenvalue weighted by molar-refractivity contribution is 5.73. The average Bonchev–Trinajstić information content (AvgIpc) is 2.73. The number of nitriles is 1. The molecule has 0 aliphatic carbocycles. The molecule has 0 bridgehead atoms. The molecule has 0 spiro atoms. The SMILES string of the molecule is CC(Oc1c(C#N)cccc1-c1ccccc1)C(O)CCc1cccnc1. The normalized spacial score (nSPS) is 12.8. The fraction of sp³-hybridized carbons (Fsp3) is 0.217. The number of ether oxygens (including phenoxy) is 1. The van der Waals surface area contributed by atoms with Crippen LogP contribution < -0.4 is 4.74 Å². The lowest BCUT2D eigenvalue weighted by molar-refractivity contribution is 0.0422. The Morgan fingerprint density at radius 3 is 2.59 bits per heavy atom. The van der Waals surface area contributed by atoms with Crippen LogP contribution >= 0.6 is 0 Å². The summed E-state index contributed by atoms with van der Waals surface area (Å²) in [6.45, 7) is 1.83. The van der Waals surface area contributed by atoms with Crippen LogP contribution in [-0.4, -0.2) is 22.3 Å². The summed E-state index contributed by atoms with van der Waals surface area (Å²) in [6.07, 6.45) is 3.71. The predicted molar refractivity (Wildman–Crippen MR) is 105 cm³/mol. The molecule has 2 aromatic carbocycles. The smallest absolute Gasteiger partial charge is 0.145 e. The van der Waals surface area contributed by atoms with Crippen molar-refractivity contribution in [1.29, 1.82) is 5.26 Å². The topological polar surface area (TPSA) is 66.1 Å². The van der Waals surface area contributed by atoms with Gasteiger partial charge in [0, 0.05) is 18.0 Å². The van der Waals surface area contributed by atoms with E-state index in [-0.39, 0.29) is 0 Å². The molecular weight excluding hydrogens is 336 g/mol. The van der Waals surface area contributed by atoms with Gasteiger partial charge < -0.3 is 9.84 Å². The maximum absolute atomic E-state index is 10.5. The Hall–Kier alpha value is -3.16. The van der Waals surface area contributed by atoms with E-state index in [2.05, 4.69) is 11.1 Å². The van der Waals surface area contributed by atoms with E-state index in [4.69, 9.17) is 4.74 Å². The minimum absolute atomic E-state index is 0.446. The summed E-state index contributed by atoms with van der Waals surface area (Å²) in [6, 6.07) is 21.4. The fourth-order valence-corrected chi connectivity index (χ4v) is 2.96. The minimum atomic E-state index is -0.652. The van der Waals surface area contributed by atoms with Gasteiger partial charge in [-0.15, -0.1) is 0 Å². The van der Waals surface area contributed by atoms with Crippen LogP contribution in [-0.2, 0) is 6.42 Å². The van der Waals surface area contributed by atoms with E-state index in [1.54, 1.807) is 18.5 Å². The zero-order chi connectivity index (χ0) is 19.1. The van der Waals surface area contributed by atoms with Gasteiger partial charge in [0.2, 0.25) is 0 Å². The van der Waals surface area contributed by atoms with E-state index < -0.39 is 12.2 Å². The molecule has 0 radical (unpaired) electrons. The van der Waals surface area contributed by atoms with Gasteiger partial charge in [-0.2, -0.15) is 5.26 Å². The summed E-state index contributed by atoms with van der Waals surface area (Å²) in [5.41, 5.74) is 3.36. The van der Waals surface area contributed by atoms with Crippen LogP contribution in [0.2, 0.25) is 0 Å². The van der Waals surface area contributed by atoms with Crippen molar-refractivity contribution in [3.8, 4) is 22.9 Å². The highest BCUT2D eigenvalue weighted by Gasteiger charge is 2.20. The molecule has 27 heavy (non-hydrogen) atoms. The fourth-order valence-electron chi connectivity index (χ4n) is 2.96. The van der Waals surface area contributed by atoms with Crippen molar-refractivity contribution in [1.82, 2.24) is 4.98 Å². The lowest BCUT2D eigenvalue weighted by Gasteiger charge is -2.23. The number of benzene rings is 2. The molecule has 0 amide bonds. The van der Waals surface area contributed by atoms with Gasteiger partial charge in [-0.05, 0) is 43.0 Å². The van der Waals surface area contributed by atoms with Crippen molar-refractivity contribution >= 4 is 0 Å². The first-order valence-electron chi connectivity index (χ1n) is 9.01. The second kappa shape index (κ2) is 8.98. The molecule has 2 unspecified atom stereocenters. The molecule has 0 fully saturated rings. The highest BCUT2D eigenvalue weighted by atomic mass is 16.5. The molecule has 0 saturated carbocycles. The molecular formula is C23H22N2O2. The first-order valence-corrected chi connectivity index (χ1v) is 9.01. The first kappa shape index (κ1) is 18.6. The Morgan fingerprint density at radius 1 is 1.07 bits per heavy atom. The number of para-hydroxylation sites is 1. The number of pyridine rings is 1. The molecule has 4 heteroatoms. The average molecular weight is 358 g/mol. The third-order valence-corrected chi connectivity index (χ3v) is 4.52. The molecule has 1 N–H and O–H groups in total. The molecule has 136 valence electrons. The number of rotatable bonds is 7. The molecule has 0 saturated heterocycles. The van der Waals surface area contributed by atoms with Crippen LogP contribution in [0.15, 0.2) is 73.1 Å². The van der Waals surface area contributed by atoms with Gasteiger partial charge in [0.15, 0.2) is 0 Å². The number of aliphatic hydroxyl groups excluding tert-OH is 1. The highest BCUT2D eigenvalue weighted by Crippen LogP contribution is 2.34. The van der Waals surface area contributed by atoms with Crippen LogP contribution in [0.25, 0.3) is 11.1 Å². The quantitative estimate of drug-likeness (QED) is 0.680. The molecule has 1 aromatic heterocycles. The van der Waals surface area contributed by atoms with Crippen molar-refractivity contribution in [3.63, 3.8) is 0 Å². The van der Waals surface area contributed by atoms with Crippen LogP contribution in [0.5, 0.6) is 5.75 Å². The van der Waals surface area contributed by atoms with Crippen molar-refractivity contribution in [3.05, 3.63) is 84.2 Å². The molecule has 3 aromatic rings. The van der Waals surface area contributed by atoms with E-state index in [0.717, 1.165) is 16.7 Å². The maximum Gasteiger partial charge on any atom is 0.145 e. The zero-order valence-corrected chi connectivity index (χ0v) is 15.2.